The minimum absolute atomic E-state index is 0.215. The Morgan fingerprint density at radius 1 is 1.41 bits per heavy atom. The molecule has 0 bridgehead atoms. The summed E-state index contributed by atoms with van der Waals surface area (Å²) in [7, 11) is 0. The van der Waals surface area contributed by atoms with E-state index in [-0.39, 0.29) is 5.82 Å². The first kappa shape index (κ1) is 10.8. The largest absolute Gasteiger partial charge is 0.481 e. The molecule has 2 nitrogen and oxygen atoms in total. The topological polar surface area (TPSA) is 37.3 Å². The highest BCUT2D eigenvalue weighted by Crippen LogP contribution is 2.55. The van der Waals surface area contributed by atoms with Crippen LogP contribution >= 0.6 is 0 Å². The van der Waals surface area contributed by atoms with Gasteiger partial charge in [-0.05, 0) is 42.9 Å². The van der Waals surface area contributed by atoms with Gasteiger partial charge in [-0.3, -0.25) is 4.79 Å². The summed E-state index contributed by atoms with van der Waals surface area (Å²) in [6, 6.07) is 5.13. The molecule has 2 aliphatic rings. The highest BCUT2D eigenvalue weighted by atomic mass is 19.1. The maximum atomic E-state index is 14.0. The van der Waals surface area contributed by atoms with Crippen LogP contribution < -0.4 is 0 Å². The predicted molar refractivity (Wildman–Crippen MR) is 61.4 cm³/mol. The zero-order valence-corrected chi connectivity index (χ0v) is 9.58. The van der Waals surface area contributed by atoms with Crippen LogP contribution in [0.4, 0.5) is 4.39 Å². The number of carboxylic acids is 1. The molecule has 3 heteroatoms. The average molecular weight is 234 g/mol. The molecule has 90 valence electrons. The van der Waals surface area contributed by atoms with E-state index in [1.807, 2.05) is 6.07 Å². The molecule has 1 unspecified atom stereocenters. The molecule has 0 saturated heterocycles. The first-order valence-corrected chi connectivity index (χ1v) is 6.16. The summed E-state index contributed by atoms with van der Waals surface area (Å²) < 4.78 is 14.0. The van der Waals surface area contributed by atoms with Crippen LogP contribution in [0, 0.1) is 11.7 Å². The first-order chi connectivity index (χ1) is 8.15. The fraction of sp³-hybridized carbons (Fsp3) is 0.500. The smallest absolute Gasteiger partial charge is 0.307 e. The third-order valence-electron chi connectivity index (χ3n) is 4.51. The number of aryl methyl sites for hydroxylation is 1. The van der Waals surface area contributed by atoms with Gasteiger partial charge in [-0.2, -0.15) is 0 Å². The molecule has 2 aliphatic carbocycles. The molecule has 1 spiro atoms. The van der Waals surface area contributed by atoms with E-state index in [0.29, 0.717) is 18.4 Å². The first-order valence-electron chi connectivity index (χ1n) is 6.16. The van der Waals surface area contributed by atoms with Crippen molar-refractivity contribution in [3.8, 4) is 0 Å². The van der Waals surface area contributed by atoms with Gasteiger partial charge in [0.1, 0.15) is 5.82 Å². The lowest BCUT2D eigenvalue weighted by molar-refractivity contribution is -0.147. The Hall–Kier alpha value is -1.38. The Morgan fingerprint density at radius 3 is 2.76 bits per heavy atom. The van der Waals surface area contributed by atoms with Crippen LogP contribution in [0.2, 0.25) is 0 Å². The highest BCUT2D eigenvalue weighted by molar-refractivity contribution is 5.74. The number of benzene rings is 1. The third kappa shape index (κ3) is 1.34. The lowest BCUT2D eigenvalue weighted by Crippen LogP contribution is -2.49. The van der Waals surface area contributed by atoms with E-state index in [0.717, 1.165) is 24.8 Å². The molecule has 0 radical (unpaired) electrons. The van der Waals surface area contributed by atoms with Crippen molar-refractivity contribution in [2.45, 2.75) is 37.5 Å². The van der Waals surface area contributed by atoms with Gasteiger partial charge in [-0.25, -0.2) is 4.39 Å². The molecule has 1 aromatic rings. The van der Waals surface area contributed by atoms with Crippen LogP contribution in [-0.4, -0.2) is 11.1 Å². The van der Waals surface area contributed by atoms with Crippen LogP contribution in [0.1, 0.15) is 36.8 Å². The van der Waals surface area contributed by atoms with Gasteiger partial charge in [0.25, 0.3) is 0 Å². The second-order valence-corrected chi connectivity index (χ2v) is 5.21. The maximum absolute atomic E-state index is 14.0. The van der Waals surface area contributed by atoms with E-state index in [2.05, 4.69) is 0 Å². The Bertz CT molecular complexity index is 477. The monoisotopic (exact) mass is 234 g/mol. The van der Waals surface area contributed by atoms with Crippen LogP contribution in [-0.2, 0) is 16.6 Å². The van der Waals surface area contributed by atoms with Crippen molar-refractivity contribution >= 4 is 5.97 Å². The molecular formula is C14H15FO2. The Kier molecular flexibility index (Phi) is 2.25. The van der Waals surface area contributed by atoms with Gasteiger partial charge in [0.15, 0.2) is 0 Å². The molecule has 1 fully saturated rings. The Morgan fingerprint density at radius 2 is 2.18 bits per heavy atom. The van der Waals surface area contributed by atoms with Crippen molar-refractivity contribution in [3.63, 3.8) is 0 Å². The number of fused-ring (bicyclic) bond motifs is 2. The number of aliphatic carboxylic acids is 1. The van der Waals surface area contributed by atoms with Crippen molar-refractivity contribution in [1.29, 1.82) is 0 Å². The van der Waals surface area contributed by atoms with E-state index in [1.165, 1.54) is 6.07 Å². The highest BCUT2D eigenvalue weighted by Gasteiger charge is 2.52. The number of halogens is 1. The van der Waals surface area contributed by atoms with Gasteiger partial charge >= 0.3 is 5.97 Å². The lowest BCUT2D eigenvalue weighted by atomic mass is 9.53. The summed E-state index contributed by atoms with van der Waals surface area (Å²) in [5.74, 6) is -1.38. The lowest BCUT2D eigenvalue weighted by Gasteiger charge is -2.50. The molecule has 0 heterocycles. The summed E-state index contributed by atoms with van der Waals surface area (Å²) in [5.41, 5.74) is 1.30. The van der Waals surface area contributed by atoms with Crippen molar-refractivity contribution < 1.29 is 14.3 Å². The number of carboxylic acid groups (broad SMARTS) is 1. The van der Waals surface area contributed by atoms with Crippen LogP contribution in [0.5, 0.6) is 0 Å². The molecule has 0 amide bonds. The second kappa shape index (κ2) is 3.56. The fourth-order valence-electron chi connectivity index (χ4n) is 3.60. The van der Waals surface area contributed by atoms with E-state index in [9.17, 15) is 14.3 Å². The van der Waals surface area contributed by atoms with Crippen molar-refractivity contribution in [2.75, 3.05) is 0 Å². The molecule has 0 aromatic heterocycles. The zero-order chi connectivity index (χ0) is 12.0. The summed E-state index contributed by atoms with van der Waals surface area (Å²) in [6.07, 6.45) is 3.98. The van der Waals surface area contributed by atoms with Gasteiger partial charge in [-0.1, -0.05) is 18.6 Å². The summed E-state index contributed by atoms with van der Waals surface area (Å²) in [6.45, 7) is 0. The van der Waals surface area contributed by atoms with E-state index in [1.54, 1.807) is 6.07 Å². The quantitative estimate of drug-likeness (QED) is 0.811. The van der Waals surface area contributed by atoms with Crippen molar-refractivity contribution in [1.82, 2.24) is 0 Å². The Balaban J connectivity index is 2.16. The van der Waals surface area contributed by atoms with Gasteiger partial charge in [0, 0.05) is 5.41 Å². The fourth-order valence-corrected chi connectivity index (χ4v) is 3.60. The minimum Gasteiger partial charge on any atom is -0.481 e. The summed E-state index contributed by atoms with van der Waals surface area (Å²) in [4.78, 5) is 11.4. The standard InChI is InChI=1S/C14H15FO2/c15-11-4-1-3-9-5-6-10(13(16)17)14(12(9)11)7-2-8-14/h1,3-4,10H,2,5-8H2,(H,16,17). The van der Waals surface area contributed by atoms with Crippen molar-refractivity contribution in [3.05, 3.63) is 35.1 Å². The summed E-state index contributed by atoms with van der Waals surface area (Å²) >= 11 is 0. The molecule has 1 atom stereocenters. The van der Waals surface area contributed by atoms with Crippen LogP contribution in [0.25, 0.3) is 0 Å². The zero-order valence-electron chi connectivity index (χ0n) is 9.58. The number of rotatable bonds is 1. The number of carbonyl (C=O) groups is 1. The SMILES string of the molecule is O=C(O)C1CCc2cccc(F)c2C12CCC2. The van der Waals surface area contributed by atoms with Crippen LogP contribution in [0.3, 0.4) is 0 Å². The van der Waals surface area contributed by atoms with Crippen LogP contribution in [0.15, 0.2) is 18.2 Å². The van der Waals surface area contributed by atoms with Crippen molar-refractivity contribution in [2.24, 2.45) is 5.92 Å². The third-order valence-corrected chi connectivity index (χ3v) is 4.51. The molecule has 17 heavy (non-hydrogen) atoms. The number of hydrogen-bond donors (Lipinski definition) is 1. The van der Waals surface area contributed by atoms with Gasteiger partial charge < -0.3 is 5.11 Å². The second-order valence-electron chi connectivity index (χ2n) is 5.21. The molecule has 1 aromatic carbocycles. The Labute approximate surface area is 99.5 Å². The number of hydrogen-bond acceptors (Lipinski definition) is 1. The average Bonchev–Trinajstić information content (AvgIpc) is 2.25. The normalized spacial score (nSPS) is 25.1. The maximum Gasteiger partial charge on any atom is 0.307 e. The van der Waals surface area contributed by atoms with Gasteiger partial charge in [0.2, 0.25) is 0 Å². The van der Waals surface area contributed by atoms with Gasteiger partial charge in [-0.15, -0.1) is 0 Å². The predicted octanol–water partition coefficient (Wildman–Crippen LogP) is 2.89. The molecule has 3 rings (SSSR count). The molecule has 1 saturated carbocycles. The van der Waals surface area contributed by atoms with E-state index >= 15 is 0 Å². The molecular weight excluding hydrogens is 219 g/mol. The molecule has 1 N–H and O–H groups in total. The summed E-state index contributed by atoms with van der Waals surface area (Å²) in [5, 5.41) is 9.33. The minimum atomic E-state index is -0.765. The molecule has 0 aliphatic heterocycles. The van der Waals surface area contributed by atoms with Gasteiger partial charge in [0.05, 0.1) is 5.92 Å². The van der Waals surface area contributed by atoms with E-state index in [4.69, 9.17) is 0 Å². The van der Waals surface area contributed by atoms with E-state index < -0.39 is 17.3 Å².